The molecule has 0 aliphatic carbocycles. The summed E-state index contributed by atoms with van der Waals surface area (Å²) in [7, 11) is 0. The molecule has 0 heterocycles. The van der Waals surface area contributed by atoms with Crippen LogP contribution in [0, 0.1) is 10.8 Å². The third kappa shape index (κ3) is 7.27. The fraction of sp³-hybridized carbons (Fsp3) is 0.846. The molecular weight excluding hydrogens is 232 g/mol. The molecule has 106 valence electrons. The van der Waals surface area contributed by atoms with Crippen LogP contribution in [0.2, 0.25) is 0 Å². The summed E-state index contributed by atoms with van der Waals surface area (Å²) in [5, 5.41) is 14.2. The van der Waals surface area contributed by atoms with Crippen LogP contribution < -0.4 is 10.6 Å². The standard InChI is InChI=1S/C13H26N2O3/c1-12(2,3)11(18)14-8-10(17)15-9-13(4,5)6-7-16/h16H,6-9H2,1-5H3,(H,14,18)(H,15,17). The topological polar surface area (TPSA) is 78.4 Å². The van der Waals surface area contributed by atoms with Crippen LogP contribution in [0.4, 0.5) is 0 Å². The van der Waals surface area contributed by atoms with Gasteiger partial charge in [0.2, 0.25) is 11.8 Å². The predicted octanol–water partition coefficient (Wildman–Crippen LogP) is 0.673. The van der Waals surface area contributed by atoms with Crippen molar-refractivity contribution in [2.24, 2.45) is 10.8 Å². The van der Waals surface area contributed by atoms with Gasteiger partial charge in [-0.15, -0.1) is 0 Å². The summed E-state index contributed by atoms with van der Waals surface area (Å²) in [6.45, 7) is 9.90. The predicted molar refractivity (Wildman–Crippen MR) is 71.0 cm³/mol. The molecule has 0 fully saturated rings. The maximum Gasteiger partial charge on any atom is 0.239 e. The molecule has 0 saturated carbocycles. The second kappa shape index (κ2) is 6.73. The third-order valence-corrected chi connectivity index (χ3v) is 2.64. The van der Waals surface area contributed by atoms with Gasteiger partial charge in [0.15, 0.2) is 0 Å². The zero-order valence-electron chi connectivity index (χ0n) is 12.1. The zero-order valence-corrected chi connectivity index (χ0v) is 12.1. The first-order valence-corrected chi connectivity index (χ1v) is 6.24. The van der Waals surface area contributed by atoms with Crippen LogP contribution in [0.15, 0.2) is 0 Å². The molecule has 0 aromatic rings. The Balaban J connectivity index is 3.97. The lowest BCUT2D eigenvalue weighted by molar-refractivity contribution is -0.131. The molecule has 0 saturated heterocycles. The molecule has 0 aromatic carbocycles. The minimum atomic E-state index is -0.490. The van der Waals surface area contributed by atoms with Crippen molar-refractivity contribution < 1.29 is 14.7 Å². The summed E-state index contributed by atoms with van der Waals surface area (Å²) >= 11 is 0. The van der Waals surface area contributed by atoms with Gasteiger partial charge in [0, 0.05) is 18.6 Å². The second-order valence-electron chi connectivity index (χ2n) is 6.35. The molecule has 0 bridgehead atoms. The van der Waals surface area contributed by atoms with E-state index < -0.39 is 5.41 Å². The molecule has 0 aromatic heterocycles. The van der Waals surface area contributed by atoms with E-state index in [2.05, 4.69) is 10.6 Å². The molecule has 0 rings (SSSR count). The summed E-state index contributed by atoms with van der Waals surface area (Å²) in [4.78, 5) is 23.1. The van der Waals surface area contributed by atoms with Crippen molar-refractivity contribution in [1.29, 1.82) is 0 Å². The molecule has 5 nitrogen and oxygen atoms in total. The molecule has 0 spiro atoms. The number of aliphatic hydroxyl groups excluding tert-OH is 1. The van der Waals surface area contributed by atoms with E-state index in [0.29, 0.717) is 13.0 Å². The molecule has 0 aliphatic heterocycles. The van der Waals surface area contributed by atoms with Crippen LogP contribution in [-0.2, 0) is 9.59 Å². The van der Waals surface area contributed by atoms with Gasteiger partial charge in [-0.3, -0.25) is 9.59 Å². The van der Waals surface area contributed by atoms with Gasteiger partial charge in [0.1, 0.15) is 0 Å². The Hall–Kier alpha value is -1.10. The van der Waals surface area contributed by atoms with E-state index in [9.17, 15) is 9.59 Å². The largest absolute Gasteiger partial charge is 0.396 e. The van der Waals surface area contributed by atoms with E-state index in [1.807, 2.05) is 13.8 Å². The van der Waals surface area contributed by atoms with E-state index in [1.54, 1.807) is 20.8 Å². The number of nitrogens with one attached hydrogen (secondary N) is 2. The molecule has 0 aliphatic rings. The quantitative estimate of drug-likeness (QED) is 0.655. The third-order valence-electron chi connectivity index (χ3n) is 2.64. The lowest BCUT2D eigenvalue weighted by Gasteiger charge is -2.24. The van der Waals surface area contributed by atoms with Crippen LogP contribution in [0.3, 0.4) is 0 Å². The van der Waals surface area contributed by atoms with Crippen molar-refractivity contribution in [2.45, 2.75) is 41.0 Å². The molecular formula is C13H26N2O3. The van der Waals surface area contributed by atoms with Gasteiger partial charge in [-0.05, 0) is 11.8 Å². The molecule has 0 atom stereocenters. The Morgan fingerprint density at radius 3 is 2.06 bits per heavy atom. The van der Waals surface area contributed by atoms with E-state index >= 15 is 0 Å². The summed E-state index contributed by atoms with van der Waals surface area (Å²) in [5.41, 5.74) is -0.630. The Bertz CT molecular complexity index is 293. The van der Waals surface area contributed by atoms with E-state index in [0.717, 1.165) is 0 Å². The Morgan fingerprint density at radius 1 is 1.06 bits per heavy atom. The molecule has 0 radical (unpaired) electrons. The van der Waals surface area contributed by atoms with Crippen LogP contribution in [0.5, 0.6) is 0 Å². The van der Waals surface area contributed by atoms with Crippen molar-refractivity contribution >= 4 is 11.8 Å². The van der Waals surface area contributed by atoms with Gasteiger partial charge in [-0.1, -0.05) is 34.6 Å². The highest BCUT2D eigenvalue weighted by molar-refractivity contribution is 5.87. The Morgan fingerprint density at radius 2 is 1.61 bits per heavy atom. The number of rotatable bonds is 6. The molecule has 3 N–H and O–H groups in total. The number of hydrogen-bond acceptors (Lipinski definition) is 3. The van der Waals surface area contributed by atoms with Crippen molar-refractivity contribution in [1.82, 2.24) is 10.6 Å². The molecule has 18 heavy (non-hydrogen) atoms. The fourth-order valence-corrected chi connectivity index (χ4v) is 1.22. The maximum absolute atomic E-state index is 11.5. The van der Waals surface area contributed by atoms with E-state index in [1.165, 1.54) is 0 Å². The van der Waals surface area contributed by atoms with Gasteiger partial charge in [-0.25, -0.2) is 0 Å². The van der Waals surface area contributed by atoms with Gasteiger partial charge >= 0.3 is 0 Å². The fourth-order valence-electron chi connectivity index (χ4n) is 1.22. The minimum Gasteiger partial charge on any atom is -0.396 e. The maximum atomic E-state index is 11.5. The number of hydrogen-bond donors (Lipinski definition) is 3. The first-order valence-electron chi connectivity index (χ1n) is 6.24. The van der Waals surface area contributed by atoms with Crippen molar-refractivity contribution in [3.8, 4) is 0 Å². The summed E-state index contributed by atoms with van der Waals surface area (Å²) < 4.78 is 0. The highest BCUT2D eigenvalue weighted by Crippen LogP contribution is 2.17. The van der Waals surface area contributed by atoms with Crippen molar-refractivity contribution in [3.63, 3.8) is 0 Å². The Labute approximate surface area is 109 Å². The first-order chi connectivity index (χ1) is 8.08. The monoisotopic (exact) mass is 258 g/mol. The zero-order chi connectivity index (χ0) is 14.4. The SMILES string of the molecule is CC(C)(CCO)CNC(=O)CNC(=O)C(C)(C)C. The van der Waals surface area contributed by atoms with E-state index in [4.69, 9.17) is 5.11 Å². The highest BCUT2D eigenvalue weighted by atomic mass is 16.3. The molecule has 5 heteroatoms. The van der Waals surface area contributed by atoms with Crippen LogP contribution >= 0.6 is 0 Å². The van der Waals surface area contributed by atoms with Crippen molar-refractivity contribution in [3.05, 3.63) is 0 Å². The van der Waals surface area contributed by atoms with Gasteiger partial charge < -0.3 is 15.7 Å². The van der Waals surface area contributed by atoms with Crippen LogP contribution in [0.1, 0.15) is 41.0 Å². The lowest BCUT2D eigenvalue weighted by atomic mass is 9.90. The molecule has 0 unspecified atom stereocenters. The van der Waals surface area contributed by atoms with Crippen LogP contribution in [-0.4, -0.2) is 36.6 Å². The van der Waals surface area contributed by atoms with Gasteiger partial charge in [0.25, 0.3) is 0 Å². The second-order valence-corrected chi connectivity index (χ2v) is 6.35. The van der Waals surface area contributed by atoms with Gasteiger partial charge in [0.05, 0.1) is 6.54 Å². The smallest absolute Gasteiger partial charge is 0.239 e. The number of amides is 2. The van der Waals surface area contributed by atoms with Crippen molar-refractivity contribution in [2.75, 3.05) is 19.7 Å². The summed E-state index contributed by atoms with van der Waals surface area (Å²) in [5.74, 6) is -0.356. The minimum absolute atomic E-state index is 0.00862. The average molecular weight is 258 g/mol. The van der Waals surface area contributed by atoms with Crippen LogP contribution in [0.25, 0.3) is 0 Å². The number of carbonyl (C=O) groups is 2. The summed E-state index contributed by atoms with van der Waals surface area (Å²) in [6, 6.07) is 0. The molecule has 2 amide bonds. The highest BCUT2D eigenvalue weighted by Gasteiger charge is 2.22. The van der Waals surface area contributed by atoms with E-state index in [-0.39, 0.29) is 30.4 Å². The number of aliphatic hydroxyl groups is 1. The lowest BCUT2D eigenvalue weighted by Crippen LogP contribution is -2.43. The summed E-state index contributed by atoms with van der Waals surface area (Å²) in [6.07, 6.45) is 0.627. The Kier molecular flexibility index (Phi) is 6.32. The normalized spacial score (nSPS) is 12.1. The number of carbonyl (C=O) groups excluding carboxylic acids is 2. The van der Waals surface area contributed by atoms with Gasteiger partial charge in [-0.2, -0.15) is 0 Å². The average Bonchev–Trinajstić information content (AvgIpc) is 2.21. The first kappa shape index (κ1) is 16.9.